The zero-order valence-corrected chi connectivity index (χ0v) is 30.2. The van der Waals surface area contributed by atoms with Crippen molar-refractivity contribution in [3.8, 4) is 0 Å². The predicted octanol–water partition coefficient (Wildman–Crippen LogP) is 4.49. The van der Waals surface area contributed by atoms with Crippen LogP contribution in [0.5, 0.6) is 0 Å². The van der Waals surface area contributed by atoms with Crippen LogP contribution < -0.4 is 0 Å². The molecule has 0 spiro atoms. The number of nitro benzene ring substituents is 2. The second-order valence-corrected chi connectivity index (χ2v) is 14.6. The van der Waals surface area contributed by atoms with E-state index in [1.165, 1.54) is 0 Å². The van der Waals surface area contributed by atoms with Gasteiger partial charge in [0.05, 0.1) is 47.5 Å². The van der Waals surface area contributed by atoms with E-state index in [0.29, 0.717) is 77.4 Å². The molecule has 14 heteroatoms. The Morgan fingerprint density at radius 2 is 1.02 bits per heavy atom. The van der Waals surface area contributed by atoms with E-state index in [1.54, 1.807) is 24.3 Å². The highest BCUT2D eigenvalue weighted by Gasteiger charge is 2.27. The molecule has 282 valence electrons. The van der Waals surface area contributed by atoms with Crippen molar-refractivity contribution in [1.29, 1.82) is 0 Å². The maximum Gasteiger partial charge on any atom is 0.269 e. The number of rotatable bonds is 10. The Morgan fingerprint density at radius 3 is 1.40 bits per heavy atom. The molecule has 14 nitrogen and oxygen atoms in total. The molecule has 4 heterocycles. The molecule has 0 unspecified atom stereocenters. The van der Waals surface area contributed by atoms with Crippen molar-refractivity contribution in [1.82, 2.24) is 24.6 Å². The number of aromatic nitrogens is 1. The monoisotopic (exact) mass is 727 g/mol. The van der Waals surface area contributed by atoms with Crippen LogP contribution in [0.1, 0.15) is 48.2 Å². The largest absolute Gasteiger partial charge is 0.379 e. The molecule has 0 N–H and O–H groups in total. The number of piperidine rings is 2. The molecule has 2 saturated heterocycles. The van der Waals surface area contributed by atoms with Crippen LogP contribution in [0, 0.1) is 32.1 Å². The lowest BCUT2D eigenvalue weighted by molar-refractivity contribution is -0.385. The van der Waals surface area contributed by atoms with Gasteiger partial charge in [0.1, 0.15) is 0 Å². The van der Waals surface area contributed by atoms with E-state index in [2.05, 4.69) is 9.80 Å². The number of hydrogen-bond acceptors (Lipinski definition) is 10. The lowest BCUT2D eigenvalue weighted by Crippen LogP contribution is -2.45. The van der Waals surface area contributed by atoms with E-state index in [-0.39, 0.29) is 46.1 Å². The van der Waals surface area contributed by atoms with Crippen LogP contribution in [0.3, 0.4) is 0 Å². The molecule has 2 fully saturated rings. The Hall–Kier alpha value is -4.79. The molecule has 1 aromatic heterocycles. The summed E-state index contributed by atoms with van der Waals surface area (Å²) in [6.07, 6.45) is 5.30. The van der Waals surface area contributed by atoms with E-state index < -0.39 is 0 Å². The van der Waals surface area contributed by atoms with Crippen molar-refractivity contribution in [3.63, 3.8) is 0 Å². The zero-order valence-electron chi connectivity index (χ0n) is 30.2. The quantitative estimate of drug-likeness (QED) is 0.215. The van der Waals surface area contributed by atoms with Gasteiger partial charge in [-0.2, -0.15) is 0 Å². The van der Waals surface area contributed by atoms with Crippen molar-refractivity contribution >= 4 is 23.2 Å². The highest BCUT2D eigenvalue weighted by Crippen LogP contribution is 2.25. The van der Waals surface area contributed by atoms with Gasteiger partial charge in [0, 0.05) is 76.6 Å². The molecule has 0 aliphatic carbocycles. The fourth-order valence-corrected chi connectivity index (χ4v) is 7.61. The van der Waals surface area contributed by atoms with Crippen molar-refractivity contribution < 1.29 is 24.2 Å². The lowest BCUT2D eigenvalue weighted by atomic mass is 9.90. The molecule has 0 saturated carbocycles. The summed E-state index contributed by atoms with van der Waals surface area (Å²) in [5, 5.41) is 21.9. The number of hydrogen-bond donors (Lipinski definition) is 0. The number of nitrogens with zero attached hydrogens (tertiary/aromatic N) is 7. The summed E-state index contributed by atoms with van der Waals surface area (Å²) in [5.41, 5.74) is 4.11. The van der Waals surface area contributed by atoms with Crippen LogP contribution in [-0.2, 0) is 40.3 Å². The minimum Gasteiger partial charge on any atom is -0.379 e. The average molecular weight is 728 g/mol. The maximum absolute atomic E-state index is 13.4. The molecule has 2 amide bonds. The van der Waals surface area contributed by atoms with Gasteiger partial charge < -0.3 is 14.5 Å². The lowest BCUT2D eigenvalue weighted by Gasteiger charge is -2.34. The van der Waals surface area contributed by atoms with Crippen LogP contribution in [-0.4, -0.2) is 112 Å². The van der Waals surface area contributed by atoms with E-state index in [4.69, 9.17) is 9.72 Å². The molecule has 0 atom stereocenters. The Bertz CT molecular complexity index is 1590. The second-order valence-electron chi connectivity index (χ2n) is 14.6. The molecule has 2 aromatic carbocycles. The Morgan fingerprint density at radius 1 is 0.623 bits per heavy atom. The van der Waals surface area contributed by atoms with Gasteiger partial charge in [-0.25, -0.2) is 0 Å². The summed E-state index contributed by atoms with van der Waals surface area (Å²) in [4.78, 5) is 61.1. The fourth-order valence-electron chi connectivity index (χ4n) is 7.61. The van der Waals surface area contributed by atoms with E-state index in [9.17, 15) is 29.8 Å². The molecule has 3 aromatic rings. The molecule has 53 heavy (non-hydrogen) atoms. The van der Waals surface area contributed by atoms with Gasteiger partial charge in [-0.3, -0.25) is 44.6 Å². The number of carbonyl (C=O) groups is 2. The maximum atomic E-state index is 13.4. The number of non-ortho nitro benzene ring substituents is 2. The Kier molecular flexibility index (Phi) is 13.1. The number of amides is 2. The molecular formula is C39H49N7O7. The highest BCUT2D eigenvalue weighted by molar-refractivity contribution is 5.78. The summed E-state index contributed by atoms with van der Waals surface area (Å²) < 4.78 is 6.04. The number of fused-ring (bicyclic) bond motifs is 2. The Labute approximate surface area is 310 Å². The molecule has 2 bridgehead atoms. The number of benzene rings is 2. The first-order valence-electron chi connectivity index (χ1n) is 18.7. The smallest absolute Gasteiger partial charge is 0.269 e. The third-order valence-corrected chi connectivity index (χ3v) is 10.7. The van der Waals surface area contributed by atoms with E-state index >= 15 is 0 Å². The minimum absolute atomic E-state index is 0.0983. The molecule has 0 radical (unpaired) electrons. The summed E-state index contributed by atoms with van der Waals surface area (Å²) in [6.45, 7) is 6.51. The minimum atomic E-state index is -0.383. The third-order valence-electron chi connectivity index (χ3n) is 10.7. The third kappa shape index (κ3) is 11.1. The topological polar surface area (TPSA) is 156 Å². The molecular weight excluding hydrogens is 678 g/mol. The SMILES string of the molecule is O=C(CN1CCOCCN(CC(=O)N2CCC(Cc3ccc([N+](=O)[O-])cc3)CC2)Cc2cccc(n2)C1)N1CCC(Cc2ccc([N+](=O)[O-])cc2)CC1. The summed E-state index contributed by atoms with van der Waals surface area (Å²) >= 11 is 0. The summed E-state index contributed by atoms with van der Waals surface area (Å²) in [6, 6.07) is 19.5. The fraction of sp³-hybridized carbons (Fsp3) is 0.513. The van der Waals surface area contributed by atoms with Gasteiger partial charge in [-0.15, -0.1) is 0 Å². The van der Waals surface area contributed by atoms with Crippen molar-refractivity contribution in [2.45, 2.75) is 51.6 Å². The van der Waals surface area contributed by atoms with Gasteiger partial charge >= 0.3 is 0 Å². The molecule has 3 aliphatic rings. The first kappa shape index (κ1) is 38.0. The number of nitro groups is 2. The van der Waals surface area contributed by atoms with E-state index in [0.717, 1.165) is 61.0 Å². The van der Waals surface area contributed by atoms with Crippen molar-refractivity contribution in [2.24, 2.45) is 11.8 Å². The number of pyridine rings is 1. The molecule has 6 rings (SSSR count). The van der Waals surface area contributed by atoms with E-state index in [1.807, 2.05) is 52.3 Å². The summed E-state index contributed by atoms with van der Waals surface area (Å²) in [7, 11) is 0. The van der Waals surface area contributed by atoms with Crippen LogP contribution >= 0.6 is 0 Å². The van der Waals surface area contributed by atoms with Crippen LogP contribution in [0.25, 0.3) is 0 Å². The first-order valence-corrected chi connectivity index (χ1v) is 18.7. The summed E-state index contributed by atoms with van der Waals surface area (Å²) in [5.74, 6) is 1.07. The predicted molar refractivity (Wildman–Crippen MR) is 198 cm³/mol. The standard InChI is InChI=1S/C39H49N7O7/c47-38(43-16-12-32(13-17-43)24-30-4-8-36(9-5-30)45(49)50)28-41-20-22-53-23-21-42(27-35-3-1-2-34(26-41)40-35)29-39(48)44-18-14-33(15-19-44)25-31-6-10-37(11-7-31)46(51)52/h1-11,32-33H,12-29H2. The average Bonchev–Trinajstić information content (AvgIpc) is 3.15. The van der Waals surface area contributed by atoms with Crippen molar-refractivity contribution in [2.75, 3.05) is 65.6 Å². The van der Waals surface area contributed by atoms with Crippen LogP contribution in [0.15, 0.2) is 66.7 Å². The second kappa shape index (κ2) is 18.3. The van der Waals surface area contributed by atoms with Crippen molar-refractivity contribution in [3.05, 3.63) is 109 Å². The number of ether oxygens (including phenoxy) is 1. The normalized spacial score (nSPS) is 18.6. The zero-order chi connectivity index (χ0) is 37.2. The van der Waals surface area contributed by atoms with Gasteiger partial charge in [0.2, 0.25) is 11.8 Å². The first-order chi connectivity index (χ1) is 25.7. The van der Waals surface area contributed by atoms with Crippen LogP contribution in [0.4, 0.5) is 11.4 Å². The Balaban J connectivity index is 0.961. The van der Waals surface area contributed by atoms with Gasteiger partial charge in [-0.1, -0.05) is 30.3 Å². The van der Waals surface area contributed by atoms with Crippen LogP contribution in [0.2, 0.25) is 0 Å². The number of carbonyl (C=O) groups excluding carboxylic acids is 2. The highest BCUT2D eigenvalue weighted by atomic mass is 16.6. The van der Waals surface area contributed by atoms with Gasteiger partial charge in [-0.05, 0) is 73.6 Å². The van der Waals surface area contributed by atoms with Gasteiger partial charge in [0.15, 0.2) is 0 Å². The van der Waals surface area contributed by atoms with Gasteiger partial charge in [0.25, 0.3) is 11.4 Å². The number of likely N-dealkylation sites (tertiary alicyclic amines) is 2. The molecule has 3 aliphatic heterocycles.